The van der Waals surface area contributed by atoms with Crippen LogP contribution in [0.2, 0.25) is 0 Å². The molecule has 5 atom stereocenters. The van der Waals surface area contributed by atoms with E-state index in [9.17, 15) is 43.2 Å². The molecule has 0 radical (unpaired) electrons. The Hall–Kier alpha value is -4.80. The summed E-state index contributed by atoms with van der Waals surface area (Å²) in [6, 6.07) is 0. The Kier molecular flexibility index (Phi) is 72.9. The van der Waals surface area contributed by atoms with Gasteiger partial charge in [0.15, 0.2) is 12.2 Å². The van der Waals surface area contributed by atoms with E-state index in [0.29, 0.717) is 32.1 Å². The van der Waals surface area contributed by atoms with E-state index in [0.717, 1.165) is 161 Å². The Morgan fingerprint density at radius 1 is 0.279 bits per heavy atom. The minimum absolute atomic E-state index is 0.0348. The molecule has 596 valence electrons. The molecule has 0 saturated heterocycles. The summed E-state index contributed by atoms with van der Waals surface area (Å²) < 4.78 is 68.5. The number of unbranched alkanes of at least 4 members (excludes halogenated alkanes) is 27. The average molecular weight is 1500 g/mol. The Bertz CT molecular complexity index is 2490. The zero-order chi connectivity index (χ0) is 76.0. The monoisotopic (exact) mass is 1500 g/mol. The van der Waals surface area contributed by atoms with Gasteiger partial charge >= 0.3 is 39.5 Å². The predicted molar refractivity (Wildman–Crippen MR) is 427 cm³/mol. The molecule has 2 unspecified atom stereocenters. The lowest BCUT2D eigenvalue weighted by atomic mass is 10.1. The first-order valence-corrected chi connectivity index (χ1v) is 43.4. The van der Waals surface area contributed by atoms with Gasteiger partial charge in [-0.3, -0.25) is 37.3 Å². The van der Waals surface area contributed by atoms with Crippen LogP contribution in [0, 0.1) is 0 Å². The Morgan fingerprint density at radius 2 is 0.519 bits per heavy atom. The van der Waals surface area contributed by atoms with Crippen LogP contribution in [0.1, 0.15) is 323 Å². The largest absolute Gasteiger partial charge is 0.472 e. The third-order valence-electron chi connectivity index (χ3n) is 16.6. The summed E-state index contributed by atoms with van der Waals surface area (Å²) in [7, 11) is -10.00. The molecule has 0 aromatic carbocycles. The highest BCUT2D eigenvalue weighted by Crippen LogP contribution is 2.45. The first kappa shape index (κ1) is 99.2. The van der Waals surface area contributed by atoms with Crippen LogP contribution < -0.4 is 0 Å². The summed E-state index contributed by atoms with van der Waals surface area (Å²) in [4.78, 5) is 73.0. The Morgan fingerprint density at radius 3 is 0.856 bits per heavy atom. The summed E-state index contributed by atoms with van der Waals surface area (Å²) in [6.45, 7) is 4.59. The van der Waals surface area contributed by atoms with Crippen LogP contribution in [0.4, 0.5) is 0 Å². The maximum absolute atomic E-state index is 13.1. The number of ether oxygens (including phenoxy) is 4. The van der Waals surface area contributed by atoms with Crippen molar-refractivity contribution in [2.75, 3.05) is 39.6 Å². The number of esters is 4. The standard InChI is InChI=1S/C85H144O17P2/c1-5-9-13-17-21-25-29-33-37-38-39-40-44-48-52-56-60-64-68-72-85(90)102-81(76-96-83(88)70-66-62-58-54-50-46-42-35-31-27-23-19-15-11-7-3)78-100-104(93,94)98-74-79(86)73-97-103(91,92)99-77-80(101-84(89)71-67-63-59-55-51-47-43-36-32-28-24-20-16-12-8-4)75-95-82(87)69-65-61-57-53-49-45-41-34-30-26-22-18-14-10-6-2/h9,13,21-22,24-26,28,33-37,39-43,48,52,60,64,79-81,86H,5-8,10-12,14-20,23,27,29-32,38,44-47,49-51,53-59,61-63,65-78H2,1-4H3,(H,91,92)(H,93,94)/b13-9-,25-21-,26-22-,28-24-,37-33-,40-39-,41-34-,42-35-,43-36-,52-48-,64-60-/t79-,80-,81-/m1/s1. The van der Waals surface area contributed by atoms with Gasteiger partial charge < -0.3 is 33.8 Å². The van der Waals surface area contributed by atoms with E-state index in [1.54, 1.807) is 0 Å². The van der Waals surface area contributed by atoms with Crippen molar-refractivity contribution in [2.24, 2.45) is 0 Å². The molecule has 0 heterocycles. The van der Waals surface area contributed by atoms with Crippen molar-refractivity contribution >= 4 is 39.5 Å². The van der Waals surface area contributed by atoms with Crippen molar-refractivity contribution in [3.05, 3.63) is 134 Å². The first-order chi connectivity index (χ1) is 50.7. The molecular formula is C85H144O17P2. The lowest BCUT2D eigenvalue weighted by molar-refractivity contribution is -0.161. The SMILES string of the molecule is CC/C=C\C/C=C\C/C=C\C/C=C\C/C=C\C/C=C\CCC(=O)O[C@H](COC(=O)CCCCCCC/C=C\CCCCCCCC)COP(=O)(O)OC[C@H](O)COP(=O)(O)OC[C@@H](COC(=O)CCCCCCC/C=C\C/C=C\CCCCC)OC(=O)CCCCCCC/C=C\C/C=C\CCCCC. The maximum Gasteiger partial charge on any atom is 0.472 e. The number of aliphatic hydroxyl groups is 1. The zero-order valence-corrected chi connectivity index (χ0v) is 66.9. The van der Waals surface area contributed by atoms with Crippen molar-refractivity contribution in [1.29, 1.82) is 0 Å². The number of carbonyl (C=O) groups is 4. The van der Waals surface area contributed by atoms with Crippen molar-refractivity contribution in [3.8, 4) is 0 Å². The average Bonchev–Trinajstić information content (AvgIpc) is 0.943. The normalized spacial score (nSPS) is 14.6. The zero-order valence-electron chi connectivity index (χ0n) is 65.2. The van der Waals surface area contributed by atoms with Crippen LogP contribution in [-0.2, 0) is 65.4 Å². The van der Waals surface area contributed by atoms with Gasteiger partial charge in [0.2, 0.25) is 0 Å². The summed E-state index contributed by atoms with van der Waals surface area (Å²) in [6.07, 6.45) is 85.8. The van der Waals surface area contributed by atoms with Gasteiger partial charge in [-0.25, -0.2) is 9.13 Å². The number of carbonyl (C=O) groups excluding carboxylic acids is 4. The third kappa shape index (κ3) is 75.4. The van der Waals surface area contributed by atoms with Gasteiger partial charge in [0.25, 0.3) is 0 Å². The molecule has 104 heavy (non-hydrogen) atoms. The quantitative estimate of drug-likeness (QED) is 0.0169. The van der Waals surface area contributed by atoms with Gasteiger partial charge in [0, 0.05) is 25.7 Å². The molecule has 0 amide bonds. The molecule has 19 heteroatoms. The molecule has 0 fully saturated rings. The van der Waals surface area contributed by atoms with Crippen LogP contribution >= 0.6 is 15.6 Å². The van der Waals surface area contributed by atoms with Crippen molar-refractivity contribution in [2.45, 2.75) is 341 Å². The number of hydrogen-bond acceptors (Lipinski definition) is 15. The van der Waals surface area contributed by atoms with Crippen LogP contribution in [-0.4, -0.2) is 96.7 Å². The molecule has 0 saturated carbocycles. The van der Waals surface area contributed by atoms with Gasteiger partial charge in [-0.05, 0) is 154 Å². The first-order valence-electron chi connectivity index (χ1n) is 40.4. The van der Waals surface area contributed by atoms with E-state index in [1.807, 2.05) is 18.2 Å². The van der Waals surface area contributed by atoms with Crippen LogP contribution in [0.25, 0.3) is 0 Å². The predicted octanol–water partition coefficient (Wildman–Crippen LogP) is 23.7. The second kappa shape index (κ2) is 76.4. The minimum Gasteiger partial charge on any atom is -0.462 e. The van der Waals surface area contributed by atoms with Crippen molar-refractivity contribution in [1.82, 2.24) is 0 Å². The molecule has 0 bridgehead atoms. The second-order valence-corrected chi connectivity index (χ2v) is 29.5. The number of hydrogen-bond donors (Lipinski definition) is 3. The third-order valence-corrected chi connectivity index (χ3v) is 18.5. The van der Waals surface area contributed by atoms with Gasteiger partial charge in [-0.2, -0.15) is 0 Å². The smallest absolute Gasteiger partial charge is 0.462 e. The summed E-state index contributed by atoms with van der Waals surface area (Å²) in [5, 5.41) is 10.6. The number of phosphoric ester groups is 2. The minimum atomic E-state index is -5.00. The van der Waals surface area contributed by atoms with E-state index in [-0.39, 0.29) is 25.7 Å². The fraction of sp³-hybridized carbons (Fsp3) is 0.694. The summed E-state index contributed by atoms with van der Waals surface area (Å²) >= 11 is 0. The maximum atomic E-state index is 13.1. The van der Waals surface area contributed by atoms with Gasteiger partial charge in [-0.15, -0.1) is 0 Å². The Labute approximate surface area is 631 Å². The fourth-order valence-corrected chi connectivity index (χ4v) is 12.0. The molecule has 0 aromatic rings. The molecule has 0 aliphatic carbocycles. The molecule has 0 aromatic heterocycles. The highest BCUT2D eigenvalue weighted by atomic mass is 31.2. The van der Waals surface area contributed by atoms with E-state index in [2.05, 4.69) is 143 Å². The van der Waals surface area contributed by atoms with Crippen molar-refractivity contribution in [3.63, 3.8) is 0 Å². The number of rotatable bonds is 75. The van der Waals surface area contributed by atoms with Crippen LogP contribution in [0.5, 0.6) is 0 Å². The lowest BCUT2D eigenvalue weighted by Gasteiger charge is -2.21. The molecule has 0 rings (SSSR count). The Balaban J connectivity index is 5.47. The number of phosphoric acid groups is 2. The molecule has 0 aliphatic rings. The van der Waals surface area contributed by atoms with Gasteiger partial charge in [0.05, 0.1) is 26.4 Å². The molecule has 3 N–H and O–H groups in total. The highest BCUT2D eigenvalue weighted by Gasteiger charge is 2.30. The number of allylic oxidation sites excluding steroid dienone is 22. The second-order valence-electron chi connectivity index (χ2n) is 26.6. The van der Waals surface area contributed by atoms with E-state index in [4.69, 9.17) is 37.0 Å². The molecule has 0 aliphatic heterocycles. The summed E-state index contributed by atoms with van der Waals surface area (Å²) in [5.41, 5.74) is 0. The summed E-state index contributed by atoms with van der Waals surface area (Å²) in [5.74, 6) is -2.31. The van der Waals surface area contributed by atoms with E-state index >= 15 is 0 Å². The molecule has 17 nitrogen and oxygen atoms in total. The van der Waals surface area contributed by atoms with Gasteiger partial charge in [-0.1, -0.05) is 277 Å². The van der Waals surface area contributed by atoms with Crippen molar-refractivity contribution < 1.29 is 80.2 Å². The van der Waals surface area contributed by atoms with Crippen LogP contribution in [0.15, 0.2) is 134 Å². The highest BCUT2D eigenvalue weighted by molar-refractivity contribution is 7.47. The van der Waals surface area contributed by atoms with Gasteiger partial charge in [0.1, 0.15) is 19.3 Å². The topological polar surface area (TPSA) is 237 Å². The van der Waals surface area contributed by atoms with E-state index < -0.39 is 97.5 Å². The molecular weight excluding hydrogens is 1350 g/mol. The number of aliphatic hydroxyl groups excluding tert-OH is 1. The fourth-order valence-electron chi connectivity index (χ4n) is 10.4. The molecule has 0 spiro atoms. The lowest BCUT2D eigenvalue weighted by Crippen LogP contribution is -2.30. The van der Waals surface area contributed by atoms with Crippen LogP contribution in [0.3, 0.4) is 0 Å². The van der Waals surface area contributed by atoms with E-state index in [1.165, 1.54) is 77.0 Å².